The average Bonchev–Trinajstić information content (AvgIpc) is 2.37. The van der Waals surface area contributed by atoms with Crippen molar-refractivity contribution < 1.29 is 13.2 Å². The zero-order valence-electron chi connectivity index (χ0n) is 12.2. The van der Waals surface area contributed by atoms with Crippen LogP contribution in [-0.4, -0.2) is 28.2 Å². The van der Waals surface area contributed by atoms with E-state index in [4.69, 9.17) is 16.3 Å². The molecule has 6 heteroatoms. The van der Waals surface area contributed by atoms with Gasteiger partial charge >= 0.3 is 0 Å². The molecule has 0 heterocycles. The van der Waals surface area contributed by atoms with Crippen LogP contribution in [0.15, 0.2) is 17.0 Å². The van der Waals surface area contributed by atoms with Crippen molar-refractivity contribution in [2.45, 2.75) is 38.5 Å². The maximum absolute atomic E-state index is 12.2. The van der Waals surface area contributed by atoms with Crippen LogP contribution in [0, 0.1) is 13.8 Å². The van der Waals surface area contributed by atoms with E-state index in [0.717, 1.165) is 12.0 Å². The van der Waals surface area contributed by atoms with Gasteiger partial charge in [0.1, 0.15) is 0 Å². The Morgan fingerprint density at radius 2 is 1.90 bits per heavy atom. The monoisotopic (exact) mass is 319 g/mol. The zero-order chi connectivity index (χ0) is 15.2. The zero-order valence-corrected chi connectivity index (χ0v) is 13.8. The highest BCUT2D eigenvalue weighted by Crippen LogP contribution is 2.23. The van der Waals surface area contributed by atoms with Crippen LogP contribution < -0.4 is 4.72 Å². The van der Waals surface area contributed by atoms with E-state index in [1.165, 1.54) is 0 Å². The smallest absolute Gasteiger partial charge is 0.240 e. The molecule has 0 aromatic heterocycles. The van der Waals surface area contributed by atoms with Gasteiger partial charge in [-0.1, -0.05) is 18.5 Å². The van der Waals surface area contributed by atoms with Gasteiger partial charge in [-0.3, -0.25) is 0 Å². The third-order valence-corrected chi connectivity index (χ3v) is 4.86. The lowest BCUT2D eigenvalue weighted by Gasteiger charge is -2.11. The van der Waals surface area contributed by atoms with E-state index in [9.17, 15) is 8.42 Å². The highest BCUT2D eigenvalue weighted by Gasteiger charge is 2.17. The van der Waals surface area contributed by atoms with E-state index in [-0.39, 0.29) is 4.90 Å². The predicted octanol–water partition coefficient (Wildman–Crippen LogP) is 3.05. The lowest BCUT2D eigenvalue weighted by atomic mass is 10.2. The molecule has 0 aliphatic heterocycles. The van der Waals surface area contributed by atoms with E-state index in [1.807, 2.05) is 6.92 Å². The van der Waals surface area contributed by atoms with E-state index in [0.29, 0.717) is 36.8 Å². The Balaban J connectivity index is 2.63. The summed E-state index contributed by atoms with van der Waals surface area (Å²) in [5.74, 6) is 0. The number of halogens is 1. The van der Waals surface area contributed by atoms with Gasteiger partial charge in [0.15, 0.2) is 0 Å². The molecule has 1 N–H and O–H groups in total. The van der Waals surface area contributed by atoms with Crippen molar-refractivity contribution in [1.82, 2.24) is 4.72 Å². The Morgan fingerprint density at radius 3 is 2.55 bits per heavy atom. The summed E-state index contributed by atoms with van der Waals surface area (Å²) in [6.07, 6.45) is 1.62. The van der Waals surface area contributed by atoms with Gasteiger partial charge in [-0.05, 0) is 49.9 Å². The summed E-state index contributed by atoms with van der Waals surface area (Å²) in [5, 5.41) is 0.578. The van der Waals surface area contributed by atoms with E-state index in [1.54, 1.807) is 26.0 Å². The van der Waals surface area contributed by atoms with Crippen LogP contribution >= 0.6 is 11.6 Å². The molecule has 1 rings (SSSR count). The lowest BCUT2D eigenvalue weighted by Crippen LogP contribution is -2.26. The first kappa shape index (κ1) is 17.4. The molecule has 0 spiro atoms. The van der Waals surface area contributed by atoms with Crippen molar-refractivity contribution in [3.8, 4) is 0 Å². The van der Waals surface area contributed by atoms with Crippen LogP contribution in [0.25, 0.3) is 0 Å². The fourth-order valence-electron chi connectivity index (χ4n) is 1.75. The van der Waals surface area contributed by atoms with Crippen molar-refractivity contribution in [2.75, 3.05) is 19.8 Å². The van der Waals surface area contributed by atoms with Crippen LogP contribution in [0.3, 0.4) is 0 Å². The Hall–Kier alpha value is -0.620. The van der Waals surface area contributed by atoms with Gasteiger partial charge in [-0.15, -0.1) is 0 Å². The molecule has 0 atom stereocenters. The van der Waals surface area contributed by atoms with Crippen molar-refractivity contribution in [2.24, 2.45) is 0 Å². The minimum atomic E-state index is -3.49. The summed E-state index contributed by atoms with van der Waals surface area (Å²) >= 11 is 5.98. The first-order valence-corrected chi connectivity index (χ1v) is 8.58. The van der Waals surface area contributed by atoms with E-state index < -0.39 is 10.0 Å². The number of hydrogen-bond donors (Lipinski definition) is 1. The normalized spacial score (nSPS) is 11.8. The number of ether oxygens (including phenoxy) is 1. The van der Waals surface area contributed by atoms with E-state index >= 15 is 0 Å². The molecule has 0 fully saturated rings. The minimum Gasteiger partial charge on any atom is -0.381 e. The molecule has 0 aliphatic rings. The van der Waals surface area contributed by atoms with E-state index in [2.05, 4.69) is 4.72 Å². The third kappa shape index (κ3) is 5.05. The number of rotatable bonds is 8. The molecular weight excluding hydrogens is 298 g/mol. The Bertz CT molecular complexity index is 544. The van der Waals surface area contributed by atoms with Crippen LogP contribution in [0.4, 0.5) is 0 Å². The topological polar surface area (TPSA) is 55.4 Å². The molecule has 0 saturated carbocycles. The highest BCUT2D eigenvalue weighted by atomic mass is 35.5. The number of hydrogen-bond acceptors (Lipinski definition) is 3. The molecule has 20 heavy (non-hydrogen) atoms. The molecule has 0 saturated heterocycles. The second-order valence-corrected chi connectivity index (χ2v) is 6.87. The van der Waals surface area contributed by atoms with Gasteiger partial charge in [0.25, 0.3) is 0 Å². The number of nitrogens with one attached hydrogen (secondary N) is 1. The molecule has 1 aromatic rings. The lowest BCUT2D eigenvalue weighted by molar-refractivity contribution is 0.133. The summed E-state index contributed by atoms with van der Waals surface area (Å²) in [5.41, 5.74) is 1.40. The molecule has 0 amide bonds. The van der Waals surface area contributed by atoms with Gasteiger partial charge in [0.05, 0.1) is 4.90 Å². The maximum atomic E-state index is 12.2. The molecule has 114 valence electrons. The summed E-state index contributed by atoms with van der Waals surface area (Å²) < 4.78 is 32.3. The number of sulfonamides is 1. The predicted molar refractivity (Wildman–Crippen MR) is 81.8 cm³/mol. The van der Waals surface area contributed by atoms with Crippen molar-refractivity contribution in [1.29, 1.82) is 0 Å². The first-order chi connectivity index (χ1) is 9.38. The van der Waals surface area contributed by atoms with Crippen molar-refractivity contribution >= 4 is 21.6 Å². The fraction of sp³-hybridized carbons (Fsp3) is 0.571. The Kier molecular flexibility index (Phi) is 6.95. The minimum absolute atomic E-state index is 0.286. The summed E-state index contributed by atoms with van der Waals surface area (Å²) in [4.78, 5) is 0.286. The SMILES string of the molecule is CCCOCCCNS(=O)(=O)c1cc(C)c(Cl)cc1C. The molecular formula is C14H22ClNO3S. The first-order valence-electron chi connectivity index (χ1n) is 6.72. The average molecular weight is 320 g/mol. The molecule has 4 nitrogen and oxygen atoms in total. The van der Waals surface area contributed by atoms with Gasteiger partial charge < -0.3 is 4.74 Å². The molecule has 0 radical (unpaired) electrons. The number of aryl methyl sites for hydroxylation is 2. The standard InChI is InChI=1S/C14H22ClNO3S/c1-4-7-19-8-5-6-16-20(17,18)14-10-11(2)13(15)9-12(14)3/h9-10,16H,4-8H2,1-3H3. The van der Waals surface area contributed by atoms with Gasteiger partial charge in [0.2, 0.25) is 10.0 Å². The molecule has 1 aromatic carbocycles. The highest BCUT2D eigenvalue weighted by molar-refractivity contribution is 7.89. The van der Waals surface area contributed by atoms with Crippen molar-refractivity contribution in [3.63, 3.8) is 0 Å². The second kappa shape index (κ2) is 7.98. The fourth-order valence-corrected chi connectivity index (χ4v) is 3.35. The summed E-state index contributed by atoms with van der Waals surface area (Å²) in [6.45, 7) is 7.21. The summed E-state index contributed by atoms with van der Waals surface area (Å²) in [6, 6.07) is 3.28. The van der Waals surface area contributed by atoms with Crippen LogP contribution in [-0.2, 0) is 14.8 Å². The third-order valence-electron chi connectivity index (χ3n) is 2.85. The van der Waals surface area contributed by atoms with Gasteiger partial charge in [-0.25, -0.2) is 13.1 Å². The molecule has 0 bridgehead atoms. The van der Waals surface area contributed by atoms with Gasteiger partial charge in [0, 0.05) is 24.8 Å². The summed E-state index contributed by atoms with van der Waals surface area (Å²) in [7, 11) is -3.49. The second-order valence-electron chi connectivity index (χ2n) is 4.73. The number of benzene rings is 1. The van der Waals surface area contributed by atoms with Crippen LogP contribution in [0.1, 0.15) is 30.9 Å². The quantitative estimate of drug-likeness (QED) is 0.749. The van der Waals surface area contributed by atoms with Crippen LogP contribution in [0.5, 0.6) is 0 Å². The molecule has 0 unspecified atom stereocenters. The Morgan fingerprint density at radius 1 is 1.20 bits per heavy atom. The van der Waals surface area contributed by atoms with Gasteiger partial charge in [-0.2, -0.15) is 0 Å². The van der Waals surface area contributed by atoms with Crippen LogP contribution in [0.2, 0.25) is 5.02 Å². The maximum Gasteiger partial charge on any atom is 0.240 e. The van der Waals surface area contributed by atoms with Crippen molar-refractivity contribution in [3.05, 3.63) is 28.3 Å². The Labute approximate surface area is 126 Å². The largest absolute Gasteiger partial charge is 0.381 e. The molecule has 0 aliphatic carbocycles.